The SMILES string of the molecule is COc1cc(C)c(C)cc1C(O)(c1ccc(SC(C)(C)F)cc1)C(C)(F)F. The maximum Gasteiger partial charge on any atom is 0.281 e. The average molecular weight is 398 g/mol. The first kappa shape index (κ1) is 21.6. The fraction of sp³-hybridized carbons (Fsp3) is 0.429. The van der Waals surface area contributed by atoms with Crippen LogP contribution >= 0.6 is 11.8 Å². The molecule has 0 fully saturated rings. The van der Waals surface area contributed by atoms with Crippen LogP contribution in [-0.4, -0.2) is 23.1 Å². The van der Waals surface area contributed by atoms with Crippen LogP contribution in [0.5, 0.6) is 5.75 Å². The van der Waals surface area contributed by atoms with Crippen molar-refractivity contribution in [3.8, 4) is 5.75 Å². The summed E-state index contributed by atoms with van der Waals surface area (Å²) in [5, 5.41) is 9.73. The summed E-state index contributed by atoms with van der Waals surface area (Å²) in [4.78, 5) is 0.583. The first-order chi connectivity index (χ1) is 12.3. The number of hydrogen-bond acceptors (Lipinski definition) is 3. The molecule has 2 nitrogen and oxygen atoms in total. The molecule has 0 aromatic heterocycles. The first-order valence-corrected chi connectivity index (χ1v) is 9.35. The standard InChI is InChI=1S/C21H25F3O2S/c1-13-11-17(18(26-6)12-14(13)2)21(25,20(5,23)24)15-7-9-16(10-8-15)27-19(3,4)22/h7-12,25H,1-6H3. The molecular weight excluding hydrogens is 373 g/mol. The third kappa shape index (κ3) is 4.43. The van der Waals surface area contributed by atoms with Gasteiger partial charge in [0.2, 0.25) is 0 Å². The van der Waals surface area contributed by atoms with Crippen LogP contribution in [0.2, 0.25) is 0 Å². The lowest BCUT2D eigenvalue weighted by Gasteiger charge is -2.36. The highest BCUT2D eigenvalue weighted by molar-refractivity contribution is 8.00. The van der Waals surface area contributed by atoms with Gasteiger partial charge in [-0.25, -0.2) is 13.2 Å². The van der Waals surface area contributed by atoms with Crippen LogP contribution in [0.3, 0.4) is 0 Å². The summed E-state index contributed by atoms with van der Waals surface area (Å²) < 4.78 is 48.5. The summed E-state index contributed by atoms with van der Waals surface area (Å²) in [6.07, 6.45) is 0. The summed E-state index contributed by atoms with van der Waals surface area (Å²) in [6, 6.07) is 9.04. The summed E-state index contributed by atoms with van der Waals surface area (Å²) >= 11 is 0.975. The number of benzene rings is 2. The highest BCUT2D eigenvalue weighted by Gasteiger charge is 2.53. The van der Waals surface area contributed by atoms with Crippen molar-refractivity contribution in [3.63, 3.8) is 0 Å². The van der Waals surface area contributed by atoms with Gasteiger partial charge in [0.25, 0.3) is 5.92 Å². The van der Waals surface area contributed by atoms with Crippen molar-refractivity contribution in [1.82, 2.24) is 0 Å². The highest BCUT2D eigenvalue weighted by Crippen LogP contribution is 2.47. The molecule has 0 aliphatic rings. The van der Waals surface area contributed by atoms with E-state index in [9.17, 15) is 18.3 Å². The van der Waals surface area contributed by atoms with Gasteiger partial charge >= 0.3 is 0 Å². The van der Waals surface area contributed by atoms with E-state index in [1.165, 1.54) is 51.3 Å². The number of alkyl halides is 3. The molecule has 2 aromatic rings. The number of ether oxygens (including phenoxy) is 1. The van der Waals surface area contributed by atoms with Crippen molar-refractivity contribution in [2.75, 3.05) is 7.11 Å². The molecule has 0 heterocycles. The van der Waals surface area contributed by atoms with E-state index < -0.39 is 16.5 Å². The van der Waals surface area contributed by atoms with Gasteiger partial charge in [0.15, 0.2) is 10.6 Å². The molecule has 1 unspecified atom stereocenters. The van der Waals surface area contributed by atoms with Gasteiger partial charge in [0.1, 0.15) is 5.75 Å². The van der Waals surface area contributed by atoms with E-state index in [4.69, 9.17) is 4.74 Å². The Labute approximate surface area is 162 Å². The van der Waals surface area contributed by atoms with E-state index in [-0.39, 0.29) is 16.9 Å². The van der Waals surface area contributed by atoms with E-state index in [0.717, 1.165) is 22.9 Å². The molecule has 0 spiro atoms. The lowest BCUT2D eigenvalue weighted by Crippen LogP contribution is -2.44. The molecule has 0 radical (unpaired) electrons. The number of thioether (sulfide) groups is 1. The fourth-order valence-corrected chi connectivity index (χ4v) is 3.76. The molecular formula is C21H25F3O2S. The van der Waals surface area contributed by atoms with E-state index in [1.807, 2.05) is 6.92 Å². The molecule has 6 heteroatoms. The predicted molar refractivity (Wildman–Crippen MR) is 104 cm³/mol. The lowest BCUT2D eigenvalue weighted by atomic mass is 9.80. The van der Waals surface area contributed by atoms with E-state index in [2.05, 4.69) is 0 Å². The van der Waals surface area contributed by atoms with Gasteiger partial charge in [0, 0.05) is 17.4 Å². The maximum absolute atomic E-state index is 14.7. The topological polar surface area (TPSA) is 29.5 Å². The second-order valence-corrected chi connectivity index (χ2v) is 8.87. The summed E-state index contributed by atoms with van der Waals surface area (Å²) in [6.45, 7) is 7.14. The second-order valence-electron chi connectivity index (χ2n) is 7.23. The van der Waals surface area contributed by atoms with Crippen molar-refractivity contribution in [3.05, 3.63) is 58.7 Å². The number of aliphatic hydroxyl groups is 1. The molecule has 0 aliphatic carbocycles. The van der Waals surface area contributed by atoms with Gasteiger partial charge in [-0.3, -0.25) is 0 Å². The minimum Gasteiger partial charge on any atom is -0.496 e. The largest absolute Gasteiger partial charge is 0.496 e. The Morgan fingerprint density at radius 2 is 1.44 bits per heavy atom. The minimum atomic E-state index is -3.49. The van der Waals surface area contributed by atoms with Gasteiger partial charge in [0.05, 0.1) is 7.11 Å². The summed E-state index contributed by atoms with van der Waals surface area (Å²) in [5.74, 6) is -3.30. The van der Waals surface area contributed by atoms with Gasteiger partial charge in [-0.05, 0) is 68.7 Å². The Balaban J connectivity index is 2.64. The summed E-state index contributed by atoms with van der Waals surface area (Å²) in [5.41, 5.74) is -0.955. The summed E-state index contributed by atoms with van der Waals surface area (Å²) in [7, 11) is 1.38. The van der Waals surface area contributed by atoms with Gasteiger partial charge < -0.3 is 9.84 Å². The van der Waals surface area contributed by atoms with E-state index in [1.54, 1.807) is 13.0 Å². The van der Waals surface area contributed by atoms with Gasteiger partial charge in [-0.2, -0.15) is 0 Å². The number of rotatable bonds is 6. The third-order valence-electron chi connectivity index (χ3n) is 4.47. The molecule has 2 rings (SSSR count). The van der Waals surface area contributed by atoms with Crippen LogP contribution in [-0.2, 0) is 5.60 Å². The van der Waals surface area contributed by atoms with Crippen LogP contribution in [0.25, 0.3) is 0 Å². The first-order valence-electron chi connectivity index (χ1n) is 8.54. The van der Waals surface area contributed by atoms with Crippen molar-refractivity contribution in [2.45, 2.75) is 56.0 Å². The van der Waals surface area contributed by atoms with Gasteiger partial charge in [-0.15, -0.1) is 0 Å². The van der Waals surface area contributed by atoms with E-state index in [0.29, 0.717) is 11.8 Å². The van der Waals surface area contributed by atoms with Crippen LogP contribution < -0.4 is 4.74 Å². The Kier molecular flexibility index (Phi) is 5.93. The number of hydrogen-bond donors (Lipinski definition) is 1. The Morgan fingerprint density at radius 3 is 1.89 bits per heavy atom. The molecule has 0 saturated heterocycles. The predicted octanol–water partition coefficient (Wildman–Crippen LogP) is 6.00. The zero-order chi connectivity index (χ0) is 20.6. The molecule has 27 heavy (non-hydrogen) atoms. The Hall–Kier alpha value is -1.66. The molecule has 2 aromatic carbocycles. The molecule has 1 N–H and O–H groups in total. The van der Waals surface area contributed by atoms with E-state index >= 15 is 0 Å². The van der Waals surface area contributed by atoms with Gasteiger partial charge in [-0.1, -0.05) is 23.9 Å². The number of halogens is 3. The van der Waals surface area contributed by atoms with Crippen molar-refractivity contribution < 1.29 is 23.0 Å². The number of aryl methyl sites for hydroxylation is 2. The van der Waals surface area contributed by atoms with Crippen LogP contribution in [0, 0.1) is 13.8 Å². The molecule has 0 bridgehead atoms. The number of methoxy groups -OCH3 is 1. The molecule has 148 valence electrons. The fourth-order valence-electron chi connectivity index (χ4n) is 2.93. The zero-order valence-electron chi connectivity index (χ0n) is 16.4. The molecule has 0 amide bonds. The molecule has 0 saturated carbocycles. The molecule has 0 aliphatic heterocycles. The normalized spacial score (nSPS) is 14.7. The molecule has 1 atom stereocenters. The Bertz CT molecular complexity index is 808. The quantitative estimate of drug-likeness (QED) is 0.605. The van der Waals surface area contributed by atoms with Crippen molar-refractivity contribution >= 4 is 11.8 Å². The third-order valence-corrected chi connectivity index (χ3v) is 5.47. The van der Waals surface area contributed by atoms with Crippen LogP contribution in [0.1, 0.15) is 43.0 Å². The Morgan fingerprint density at radius 1 is 0.926 bits per heavy atom. The van der Waals surface area contributed by atoms with Crippen LogP contribution in [0.15, 0.2) is 41.3 Å². The van der Waals surface area contributed by atoms with Crippen LogP contribution in [0.4, 0.5) is 13.2 Å². The van der Waals surface area contributed by atoms with Crippen molar-refractivity contribution in [2.24, 2.45) is 0 Å². The van der Waals surface area contributed by atoms with Crippen molar-refractivity contribution in [1.29, 1.82) is 0 Å². The lowest BCUT2D eigenvalue weighted by molar-refractivity contribution is -0.151. The average Bonchev–Trinajstić information content (AvgIpc) is 2.54. The maximum atomic E-state index is 14.7. The second kappa shape index (κ2) is 7.40. The smallest absolute Gasteiger partial charge is 0.281 e. The monoisotopic (exact) mass is 398 g/mol. The zero-order valence-corrected chi connectivity index (χ0v) is 17.2. The highest BCUT2D eigenvalue weighted by atomic mass is 32.2. The minimum absolute atomic E-state index is 0.00757.